The van der Waals surface area contributed by atoms with Gasteiger partial charge in [-0.2, -0.15) is 0 Å². The number of carbonyl (C=O) groups excluding carboxylic acids is 1. The normalized spacial score (nSPS) is 46.5. The van der Waals surface area contributed by atoms with Crippen molar-refractivity contribution in [1.29, 1.82) is 0 Å². The molecule has 126 valence electrons. The lowest BCUT2D eigenvalue weighted by atomic mass is 9.54. The molecule has 3 fully saturated rings. The molecule has 3 rings (SSSR count). The van der Waals surface area contributed by atoms with Gasteiger partial charge in [0.25, 0.3) is 0 Å². The first-order valence-electron chi connectivity index (χ1n) is 10.1. The van der Waals surface area contributed by atoms with Crippen LogP contribution in [0.3, 0.4) is 0 Å². The quantitative estimate of drug-likeness (QED) is 0.570. The maximum absolute atomic E-state index is 11.1. The van der Waals surface area contributed by atoms with Gasteiger partial charge in [-0.05, 0) is 67.1 Å². The standard InChI is InChI=1S/C21H36O/c1-16-8-6-4-3-5-7-9-19-18(16)12-14-21(2)17(13-15-22)10-11-20(19)21/h15-20H,3-14H2,1-2H3. The maximum Gasteiger partial charge on any atom is 0.120 e. The highest BCUT2D eigenvalue weighted by atomic mass is 16.1. The molecular formula is C21H36O. The molecule has 6 atom stereocenters. The van der Waals surface area contributed by atoms with E-state index in [9.17, 15) is 4.79 Å². The summed E-state index contributed by atoms with van der Waals surface area (Å²) in [6.45, 7) is 5.08. The second-order valence-electron chi connectivity index (χ2n) is 8.98. The summed E-state index contributed by atoms with van der Waals surface area (Å²) in [5, 5.41) is 0. The van der Waals surface area contributed by atoms with Crippen molar-refractivity contribution in [3.8, 4) is 0 Å². The van der Waals surface area contributed by atoms with Gasteiger partial charge in [-0.15, -0.1) is 0 Å². The lowest BCUT2D eigenvalue weighted by molar-refractivity contribution is -0.110. The van der Waals surface area contributed by atoms with Crippen LogP contribution in [0.5, 0.6) is 0 Å². The molecule has 1 heteroatoms. The summed E-state index contributed by atoms with van der Waals surface area (Å²) >= 11 is 0. The third-order valence-corrected chi connectivity index (χ3v) is 8.00. The largest absolute Gasteiger partial charge is 0.303 e. The van der Waals surface area contributed by atoms with Crippen molar-refractivity contribution in [3.63, 3.8) is 0 Å². The van der Waals surface area contributed by atoms with Crippen molar-refractivity contribution in [2.75, 3.05) is 0 Å². The van der Waals surface area contributed by atoms with E-state index in [1.807, 2.05) is 0 Å². The fourth-order valence-electron chi connectivity index (χ4n) is 6.64. The molecule has 0 bridgehead atoms. The molecule has 3 aliphatic carbocycles. The first-order chi connectivity index (χ1) is 10.7. The molecule has 0 aliphatic heterocycles. The predicted molar refractivity (Wildman–Crippen MR) is 92.7 cm³/mol. The molecule has 0 aromatic rings. The van der Waals surface area contributed by atoms with Gasteiger partial charge in [0.05, 0.1) is 0 Å². The van der Waals surface area contributed by atoms with Gasteiger partial charge >= 0.3 is 0 Å². The van der Waals surface area contributed by atoms with Gasteiger partial charge in [-0.3, -0.25) is 0 Å². The Morgan fingerprint density at radius 1 is 0.909 bits per heavy atom. The van der Waals surface area contributed by atoms with Crippen LogP contribution in [-0.2, 0) is 4.79 Å². The Bertz CT molecular complexity index is 376. The summed E-state index contributed by atoms with van der Waals surface area (Å²) in [5.74, 6) is 4.46. The monoisotopic (exact) mass is 304 g/mol. The van der Waals surface area contributed by atoms with Gasteiger partial charge in [-0.1, -0.05) is 52.4 Å². The molecule has 3 aliphatic rings. The lowest BCUT2D eigenvalue weighted by Gasteiger charge is -2.51. The fraction of sp³-hybridized carbons (Fsp3) is 0.952. The second-order valence-corrected chi connectivity index (χ2v) is 8.98. The molecule has 0 aromatic heterocycles. The molecule has 1 nitrogen and oxygen atoms in total. The topological polar surface area (TPSA) is 17.1 Å². The van der Waals surface area contributed by atoms with E-state index < -0.39 is 0 Å². The molecule has 0 aromatic carbocycles. The number of hydrogen-bond acceptors (Lipinski definition) is 1. The van der Waals surface area contributed by atoms with Crippen molar-refractivity contribution < 1.29 is 4.79 Å². The number of hydrogen-bond donors (Lipinski definition) is 0. The van der Waals surface area contributed by atoms with E-state index in [0.29, 0.717) is 11.3 Å². The van der Waals surface area contributed by atoms with Crippen molar-refractivity contribution in [3.05, 3.63) is 0 Å². The third kappa shape index (κ3) is 3.02. The Morgan fingerprint density at radius 2 is 1.64 bits per heavy atom. The van der Waals surface area contributed by atoms with Crippen molar-refractivity contribution in [1.82, 2.24) is 0 Å². The van der Waals surface area contributed by atoms with E-state index in [0.717, 1.165) is 30.1 Å². The number of aldehydes is 1. The van der Waals surface area contributed by atoms with E-state index in [4.69, 9.17) is 0 Å². The molecule has 0 N–H and O–H groups in total. The summed E-state index contributed by atoms with van der Waals surface area (Å²) < 4.78 is 0. The van der Waals surface area contributed by atoms with E-state index in [1.165, 1.54) is 76.9 Å². The van der Waals surface area contributed by atoms with Crippen LogP contribution in [0.25, 0.3) is 0 Å². The molecule has 0 heterocycles. The molecule has 22 heavy (non-hydrogen) atoms. The molecule has 0 saturated heterocycles. The van der Waals surface area contributed by atoms with E-state index >= 15 is 0 Å². The van der Waals surface area contributed by atoms with Crippen LogP contribution in [0.4, 0.5) is 0 Å². The SMILES string of the molecule is CC1CCCCCCCC2C1CCC1(C)C(CC=O)CCC21. The van der Waals surface area contributed by atoms with E-state index in [-0.39, 0.29) is 0 Å². The molecule has 6 unspecified atom stereocenters. The highest BCUT2D eigenvalue weighted by molar-refractivity contribution is 5.50. The maximum atomic E-state index is 11.1. The number of fused-ring (bicyclic) bond motifs is 3. The minimum atomic E-state index is 0.478. The average molecular weight is 305 g/mol. The van der Waals surface area contributed by atoms with Gasteiger partial charge in [0.1, 0.15) is 6.29 Å². The van der Waals surface area contributed by atoms with Crippen LogP contribution in [-0.4, -0.2) is 6.29 Å². The highest BCUT2D eigenvalue weighted by Crippen LogP contribution is 2.61. The van der Waals surface area contributed by atoms with Crippen LogP contribution >= 0.6 is 0 Å². The van der Waals surface area contributed by atoms with Crippen LogP contribution in [0.2, 0.25) is 0 Å². The molecule has 3 saturated carbocycles. The molecule has 0 amide bonds. The fourth-order valence-corrected chi connectivity index (χ4v) is 6.64. The van der Waals surface area contributed by atoms with Crippen LogP contribution in [0.15, 0.2) is 0 Å². The summed E-state index contributed by atoms with van der Waals surface area (Å²) in [7, 11) is 0. The first-order valence-corrected chi connectivity index (χ1v) is 10.1. The molecule has 0 spiro atoms. The van der Waals surface area contributed by atoms with Gasteiger partial charge in [0.2, 0.25) is 0 Å². The van der Waals surface area contributed by atoms with Crippen LogP contribution in [0.1, 0.15) is 90.9 Å². The Hall–Kier alpha value is -0.330. The summed E-state index contributed by atoms with van der Waals surface area (Å²) in [5.41, 5.74) is 0.478. The van der Waals surface area contributed by atoms with Gasteiger partial charge in [0.15, 0.2) is 0 Å². The predicted octanol–water partition coefficient (Wildman–Crippen LogP) is 6.01. The van der Waals surface area contributed by atoms with Gasteiger partial charge in [0, 0.05) is 6.42 Å². The first kappa shape index (κ1) is 16.5. The zero-order valence-corrected chi connectivity index (χ0v) is 14.9. The minimum Gasteiger partial charge on any atom is -0.303 e. The number of carbonyl (C=O) groups is 1. The van der Waals surface area contributed by atoms with Crippen molar-refractivity contribution in [2.24, 2.45) is 35.0 Å². The second kappa shape index (κ2) is 7.05. The Labute approximate surface area is 137 Å². The lowest BCUT2D eigenvalue weighted by Crippen LogP contribution is -2.43. The van der Waals surface area contributed by atoms with Crippen LogP contribution < -0.4 is 0 Å². The number of rotatable bonds is 2. The van der Waals surface area contributed by atoms with Gasteiger partial charge in [-0.25, -0.2) is 0 Å². The van der Waals surface area contributed by atoms with Crippen molar-refractivity contribution >= 4 is 6.29 Å². The smallest absolute Gasteiger partial charge is 0.120 e. The Balaban J connectivity index is 1.79. The average Bonchev–Trinajstić information content (AvgIpc) is 2.84. The van der Waals surface area contributed by atoms with Crippen molar-refractivity contribution in [2.45, 2.75) is 90.9 Å². The third-order valence-electron chi connectivity index (χ3n) is 8.00. The summed E-state index contributed by atoms with van der Waals surface area (Å²) in [4.78, 5) is 11.1. The zero-order chi connectivity index (χ0) is 15.6. The molecule has 0 radical (unpaired) electrons. The highest BCUT2D eigenvalue weighted by Gasteiger charge is 2.53. The van der Waals surface area contributed by atoms with E-state index in [2.05, 4.69) is 13.8 Å². The van der Waals surface area contributed by atoms with E-state index in [1.54, 1.807) is 0 Å². The summed E-state index contributed by atoms with van der Waals surface area (Å²) in [6, 6.07) is 0. The summed E-state index contributed by atoms with van der Waals surface area (Å²) in [6.07, 6.45) is 17.8. The minimum absolute atomic E-state index is 0.478. The molecular weight excluding hydrogens is 268 g/mol. The van der Waals surface area contributed by atoms with Crippen LogP contribution in [0, 0.1) is 35.0 Å². The van der Waals surface area contributed by atoms with Gasteiger partial charge < -0.3 is 4.79 Å². The Morgan fingerprint density at radius 3 is 2.41 bits per heavy atom. The Kier molecular flexibility index (Phi) is 5.30. The zero-order valence-electron chi connectivity index (χ0n) is 14.9.